The van der Waals surface area contributed by atoms with Crippen LogP contribution in [0, 0.1) is 5.82 Å². The van der Waals surface area contributed by atoms with E-state index in [2.05, 4.69) is 5.32 Å². The minimum Gasteiger partial charge on any atom is -0.485 e. The minimum absolute atomic E-state index is 0.0229. The lowest BCUT2D eigenvalue weighted by Crippen LogP contribution is -2.50. The second-order valence-electron chi connectivity index (χ2n) is 5.63. The van der Waals surface area contributed by atoms with Crippen LogP contribution in [-0.4, -0.2) is 43.8 Å². The minimum atomic E-state index is -0.560. The van der Waals surface area contributed by atoms with Gasteiger partial charge in [-0.3, -0.25) is 9.69 Å². The van der Waals surface area contributed by atoms with Crippen molar-refractivity contribution in [2.24, 2.45) is 5.73 Å². The van der Waals surface area contributed by atoms with Gasteiger partial charge in [0.2, 0.25) is 5.91 Å². The van der Waals surface area contributed by atoms with Gasteiger partial charge in [0.25, 0.3) is 0 Å². The molecule has 0 aliphatic carbocycles. The number of carbonyl (C=O) groups excluding carboxylic acids is 2. The number of hydrogen-bond acceptors (Lipinski definition) is 5. The number of nitrogens with zero attached hydrogens (tertiary/aromatic N) is 1. The van der Waals surface area contributed by atoms with Gasteiger partial charge in [-0.1, -0.05) is 0 Å². The Bertz CT molecular complexity index is 621. The van der Waals surface area contributed by atoms with Crippen molar-refractivity contribution in [2.75, 3.05) is 24.5 Å². The molecule has 2 aliphatic rings. The van der Waals surface area contributed by atoms with E-state index in [0.29, 0.717) is 25.2 Å². The zero-order valence-electron chi connectivity index (χ0n) is 12.5. The lowest BCUT2D eigenvalue weighted by atomic mass is 10.2. The Morgan fingerprint density at radius 1 is 1.48 bits per heavy atom. The molecule has 2 heterocycles. The Balaban J connectivity index is 1.65. The van der Waals surface area contributed by atoms with Crippen molar-refractivity contribution in [3.63, 3.8) is 0 Å². The van der Waals surface area contributed by atoms with E-state index >= 15 is 0 Å². The van der Waals surface area contributed by atoms with Crippen molar-refractivity contribution in [3.8, 4) is 5.75 Å². The highest BCUT2D eigenvalue weighted by Crippen LogP contribution is 2.28. The summed E-state index contributed by atoms with van der Waals surface area (Å²) in [5.74, 6) is -0.807. The molecular weight excluding hydrogens is 305 g/mol. The van der Waals surface area contributed by atoms with E-state index in [4.69, 9.17) is 15.2 Å². The number of hydrogen-bond donors (Lipinski definition) is 2. The number of primary amides is 1. The van der Waals surface area contributed by atoms with E-state index in [1.54, 1.807) is 6.07 Å². The number of ether oxygens (including phenoxy) is 2. The molecule has 3 rings (SSSR count). The van der Waals surface area contributed by atoms with E-state index in [0.717, 1.165) is 0 Å². The van der Waals surface area contributed by atoms with E-state index in [9.17, 15) is 14.0 Å². The third-order valence-electron chi connectivity index (χ3n) is 3.85. The molecule has 0 radical (unpaired) electrons. The van der Waals surface area contributed by atoms with Crippen molar-refractivity contribution in [3.05, 3.63) is 24.0 Å². The molecule has 1 aromatic rings. The molecule has 1 aromatic carbocycles. The van der Waals surface area contributed by atoms with Gasteiger partial charge in [0.1, 0.15) is 12.2 Å². The number of nitrogens with one attached hydrogen (secondary N) is 1. The molecule has 2 fully saturated rings. The van der Waals surface area contributed by atoms with Gasteiger partial charge in [0.15, 0.2) is 11.6 Å². The predicted octanol–water partition coefficient (Wildman–Crippen LogP) is 0.767. The van der Waals surface area contributed by atoms with Crippen molar-refractivity contribution in [1.29, 1.82) is 0 Å². The lowest BCUT2D eigenvalue weighted by Gasteiger charge is -2.28. The van der Waals surface area contributed by atoms with Crippen LogP contribution in [0.4, 0.5) is 14.9 Å². The Labute approximate surface area is 132 Å². The predicted molar refractivity (Wildman–Crippen MR) is 79.7 cm³/mol. The summed E-state index contributed by atoms with van der Waals surface area (Å²) in [5, 5.41) is 3.04. The molecule has 2 saturated heterocycles. The van der Waals surface area contributed by atoms with Crippen LogP contribution in [0.25, 0.3) is 0 Å². The average molecular weight is 323 g/mol. The van der Waals surface area contributed by atoms with Crippen molar-refractivity contribution < 1.29 is 23.5 Å². The van der Waals surface area contributed by atoms with Gasteiger partial charge in [-0.05, 0) is 18.6 Å². The fraction of sp³-hybridized carbons (Fsp3) is 0.467. The molecule has 2 aliphatic heterocycles. The lowest BCUT2D eigenvalue weighted by molar-refractivity contribution is -0.118. The summed E-state index contributed by atoms with van der Waals surface area (Å²) >= 11 is 0. The Morgan fingerprint density at radius 2 is 2.26 bits per heavy atom. The average Bonchev–Trinajstić information content (AvgIpc) is 2.83. The fourth-order valence-corrected chi connectivity index (χ4v) is 2.46. The quantitative estimate of drug-likeness (QED) is 0.806. The second kappa shape index (κ2) is 6.41. The van der Waals surface area contributed by atoms with Crippen LogP contribution in [0.2, 0.25) is 0 Å². The van der Waals surface area contributed by atoms with Gasteiger partial charge in [0.05, 0.1) is 12.2 Å². The zero-order chi connectivity index (χ0) is 16.4. The fourth-order valence-electron chi connectivity index (χ4n) is 2.46. The van der Waals surface area contributed by atoms with E-state index in [-0.39, 0.29) is 24.8 Å². The van der Waals surface area contributed by atoms with Gasteiger partial charge in [-0.25, -0.2) is 9.18 Å². The molecule has 0 unspecified atom stereocenters. The van der Waals surface area contributed by atoms with Gasteiger partial charge < -0.3 is 20.5 Å². The van der Waals surface area contributed by atoms with E-state index < -0.39 is 23.9 Å². The largest absolute Gasteiger partial charge is 0.485 e. The number of rotatable bonds is 6. The van der Waals surface area contributed by atoms with Crippen molar-refractivity contribution in [1.82, 2.24) is 5.32 Å². The highest BCUT2D eigenvalue weighted by molar-refractivity contribution is 5.89. The van der Waals surface area contributed by atoms with Gasteiger partial charge >= 0.3 is 6.09 Å². The first-order chi connectivity index (χ1) is 11.0. The number of anilines is 1. The molecule has 1 atom stereocenters. The van der Waals surface area contributed by atoms with Gasteiger partial charge in [-0.2, -0.15) is 0 Å². The number of halogens is 1. The molecule has 124 valence electrons. The van der Waals surface area contributed by atoms with Crippen LogP contribution in [0.3, 0.4) is 0 Å². The number of nitrogens with two attached hydrogens (primary N) is 1. The van der Waals surface area contributed by atoms with Crippen LogP contribution in [0.1, 0.15) is 12.8 Å². The van der Waals surface area contributed by atoms with Gasteiger partial charge in [0, 0.05) is 25.6 Å². The van der Waals surface area contributed by atoms with E-state index in [1.165, 1.54) is 17.0 Å². The molecule has 7 nitrogen and oxygen atoms in total. The Morgan fingerprint density at radius 3 is 2.87 bits per heavy atom. The third-order valence-corrected chi connectivity index (χ3v) is 3.85. The summed E-state index contributed by atoms with van der Waals surface area (Å²) in [6, 6.07) is 4.37. The first kappa shape index (κ1) is 15.5. The summed E-state index contributed by atoms with van der Waals surface area (Å²) in [7, 11) is 0. The maximum absolute atomic E-state index is 14.1. The smallest absolute Gasteiger partial charge is 0.414 e. The highest BCUT2D eigenvalue weighted by Gasteiger charge is 2.33. The molecule has 0 saturated carbocycles. The zero-order valence-corrected chi connectivity index (χ0v) is 12.5. The summed E-state index contributed by atoms with van der Waals surface area (Å²) in [6.07, 6.45) is -0.505. The summed E-state index contributed by atoms with van der Waals surface area (Å²) < 4.78 is 24.8. The molecule has 3 N–H and O–H groups in total. The normalized spacial score (nSPS) is 21.0. The second-order valence-corrected chi connectivity index (χ2v) is 5.63. The Hall–Kier alpha value is -2.35. The summed E-state index contributed by atoms with van der Waals surface area (Å²) in [4.78, 5) is 24.0. The summed E-state index contributed by atoms with van der Waals surface area (Å²) in [5.41, 5.74) is 5.48. The van der Waals surface area contributed by atoms with Crippen LogP contribution in [0.15, 0.2) is 18.2 Å². The van der Waals surface area contributed by atoms with Crippen LogP contribution < -0.4 is 20.7 Å². The molecule has 0 bridgehead atoms. The van der Waals surface area contributed by atoms with E-state index in [1.807, 2.05) is 0 Å². The number of cyclic esters (lactones) is 1. The van der Waals surface area contributed by atoms with Crippen molar-refractivity contribution >= 4 is 17.7 Å². The van der Waals surface area contributed by atoms with Crippen LogP contribution >= 0.6 is 0 Å². The highest BCUT2D eigenvalue weighted by atomic mass is 19.1. The molecular formula is C15H18FN3O4. The number of benzene rings is 1. The maximum atomic E-state index is 14.1. The molecule has 0 spiro atoms. The standard InChI is InChI=1S/C15H18FN3O4/c16-12-5-9(1-3-13(12)22-11-6-18-7-11)19-8-10(23-15(19)21)2-4-14(17)20/h1,3,5,10-11,18H,2,4,6-8H2,(H2,17,20)/t10-/m0/s1. The Kier molecular flexibility index (Phi) is 4.33. The third kappa shape index (κ3) is 3.53. The number of amides is 2. The molecule has 0 aromatic heterocycles. The summed E-state index contributed by atoms with van der Waals surface area (Å²) in [6.45, 7) is 1.65. The maximum Gasteiger partial charge on any atom is 0.414 e. The van der Waals surface area contributed by atoms with Gasteiger partial charge in [-0.15, -0.1) is 0 Å². The molecule has 2 amide bonds. The van der Waals surface area contributed by atoms with Crippen LogP contribution in [0.5, 0.6) is 5.75 Å². The first-order valence-electron chi connectivity index (χ1n) is 7.46. The van der Waals surface area contributed by atoms with Crippen molar-refractivity contribution in [2.45, 2.75) is 25.0 Å². The molecule has 23 heavy (non-hydrogen) atoms. The SMILES string of the molecule is NC(=O)CC[C@H]1CN(c2ccc(OC3CNC3)c(F)c2)C(=O)O1. The first-order valence-corrected chi connectivity index (χ1v) is 7.46. The van der Waals surface area contributed by atoms with Crippen LogP contribution in [-0.2, 0) is 9.53 Å². The molecule has 8 heteroatoms. The number of carbonyl (C=O) groups is 2. The monoisotopic (exact) mass is 323 g/mol. The topological polar surface area (TPSA) is 93.9 Å².